The molecule has 32 heavy (non-hydrogen) atoms. The molecule has 2 aromatic heterocycles. The maximum Gasteiger partial charge on any atom is 0.137 e. The molecule has 0 aliphatic carbocycles. The summed E-state index contributed by atoms with van der Waals surface area (Å²) in [6.07, 6.45) is 4.94. The van der Waals surface area contributed by atoms with E-state index in [1.54, 1.807) is 0 Å². The summed E-state index contributed by atoms with van der Waals surface area (Å²) < 4.78 is 38.7. The minimum atomic E-state index is -0.729. The van der Waals surface area contributed by atoms with Gasteiger partial charge < -0.3 is 19.8 Å². The summed E-state index contributed by atoms with van der Waals surface area (Å²) in [5.74, 6) is -1.46. The van der Waals surface area contributed by atoms with Crippen LogP contribution in [0.2, 0.25) is 0 Å². The number of benzene rings is 1. The highest BCUT2D eigenvalue weighted by Crippen LogP contribution is 2.33. The summed E-state index contributed by atoms with van der Waals surface area (Å²) in [7, 11) is 2.03. The van der Waals surface area contributed by atoms with Crippen LogP contribution >= 0.6 is 15.9 Å². The van der Waals surface area contributed by atoms with Gasteiger partial charge in [-0.1, -0.05) is 0 Å². The van der Waals surface area contributed by atoms with Gasteiger partial charge in [-0.25, -0.2) is 13.8 Å². The fraction of sp³-hybridized carbons (Fsp3) is 0.304. The summed E-state index contributed by atoms with van der Waals surface area (Å²) in [5, 5.41) is 0. The standard InChI is InChI=1S/C23H24BrF2N5O/c1-14-3-4-31-20(10-17-13-30(2)5-6-32-17)23(29-21(31)7-14)22-18(25)8-16(9-19(22)26)28-12-15(24)11-27/h3-4,7-9,11-12,17H,5-6,10,13,27H2,1-2H3. The van der Waals surface area contributed by atoms with Gasteiger partial charge in [-0.15, -0.1) is 0 Å². The van der Waals surface area contributed by atoms with Crippen LogP contribution < -0.4 is 5.73 Å². The zero-order valence-corrected chi connectivity index (χ0v) is 19.4. The lowest BCUT2D eigenvalue weighted by atomic mass is 10.0. The zero-order chi connectivity index (χ0) is 22.8. The number of hydrogen-bond donors (Lipinski definition) is 1. The molecule has 9 heteroatoms. The summed E-state index contributed by atoms with van der Waals surface area (Å²) in [4.78, 5) is 10.9. The van der Waals surface area contributed by atoms with Crippen molar-refractivity contribution >= 4 is 33.5 Å². The van der Waals surface area contributed by atoms with Crippen molar-refractivity contribution < 1.29 is 13.5 Å². The fourth-order valence-electron chi connectivity index (χ4n) is 3.84. The van der Waals surface area contributed by atoms with Crippen LogP contribution in [0.5, 0.6) is 0 Å². The number of nitrogens with zero attached hydrogens (tertiary/aromatic N) is 4. The van der Waals surface area contributed by atoms with Gasteiger partial charge in [0.15, 0.2) is 0 Å². The van der Waals surface area contributed by atoms with Crippen LogP contribution in [-0.4, -0.2) is 53.3 Å². The second-order valence-corrected chi connectivity index (χ2v) is 8.81. The lowest BCUT2D eigenvalue weighted by Crippen LogP contribution is -2.41. The Kier molecular flexibility index (Phi) is 6.68. The number of morpholine rings is 1. The van der Waals surface area contributed by atoms with Crippen molar-refractivity contribution in [2.24, 2.45) is 10.7 Å². The van der Waals surface area contributed by atoms with E-state index in [9.17, 15) is 0 Å². The molecule has 0 amide bonds. The highest BCUT2D eigenvalue weighted by Gasteiger charge is 2.26. The van der Waals surface area contributed by atoms with Crippen molar-refractivity contribution in [1.29, 1.82) is 0 Å². The Morgan fingerprint density at radius 2 is 2.09 bits per heavy atom. The van der Waals surface area contributed by atoms with Gasteiger partial charge in [-0.05, 0) is 47.6 Å². The van der Waals surface area contributed by atoms with E-state index in [-0.39, 0.29) is 23.0 Å². The fourth-order valence-corrected chi connectivity index (χ4v) is 3.94. The zero-order valence-electron chi connectivity index (χ0n) is 17.9. The Morgan fingerprint density at radius 1 is 1.34 bits per heavy atom. The van der Waals surface area contributed by atoms with Gasteiger partial charge in [-0.3, -0.25) is 4.99 Å². The molecule has 6 nitrogen and oxygen atoms in total. The van der Waals surface area contributed by atoms with Gasteiger partial charge in [-0.2, -0.15) is 0 Å². The number of allylic oxidation sites excluding steroid dienone is 1. The Balaban J connectivity index is 1.80. The second kappa shape index (κ2) is 9.48. The topological polar surface area (TPSA) is 68.2 Å². The molecule has 1 fully saturated rings. The molecule has 1 aliphatic rings. The van der Waals surface area contributed by atoms with Gasteiger partial charge in [0.25, 0.3) is 0 Å². The largest absolute Gasteiger partial charge is 0.404 e. The Hall–Kier alpha value is -2.62. The van der Waals surface area contributed by atoms with Crippen molar-refractivity contribution in [3.8, 4) is 11.3 Å². The first-order chi connectivity index (χ1) is 15.4. The van der Waals surface area contributed by atoms with Gasteiger partial charge >= 0.3 is 0 Å². The Bertz CT molecular complexity index is 1180. The number of aliphatic imine (C=N–C) groups is 1. The van der Waals surface area contributed by atoms with E-state index in [1.807, 2.05) is 36.7 Å². The number of halogens is 3. The van der Waals surface area contributed by atoms with E-state index >= 15 is 8.78 Å². The average molecular weight is 504 g/mol. The molecule has 1 atom stereocenters. The highest BCUT2D eigenvalue weighted by atomic mass is 79.9. The number of rotatable bonds is 5. The lowest BCUT2D eigenvalue weighted by Gasteiger charge is -2.30. The molecule has 3 heterocycles. The predicted molar refractivity (Wildman–Crippen MR) is 126 cm³/mol. The number of hydrogen-bond acceptors (Lipinski definition) is 5. The lowest BCUT2D eigenvalue weighted by molar-refractivity contribution is -0.0190. The first kappa shape index (κ1) is 22.6. The summed E-state index contributed by atoms with van der Waals surface area (Å²) in [5.41, 5.74) is 7.98. The van der Waals surface area contributed by atoms with Crippen LogP contribution in [0.15, 0.2) is 46.1 Å². The molecule has 0 radical (unpaired) electrons. The molecule has 168 valence electrons. The van der Waals surface area contributed by atoms with Gasteiger partial charge in [0, 0.05) is 50.3 Å². The molecule has 3 aromatic rings. The summed E-state index contributed by atoms with van der Waals surface area (Å²) >= 11 is 3.18. The van der Waals surface area contributed by atoms with Crippen molar-refractivity contribution in [1.82, 2.24) is 14.3 Å². The third-order valence-electron chi connectivity index (χ3n) is 5.40. The van der Waals surface area contributed by atoms with Crippen molar-refractivity contribution in [3.05, 3.63) is 64.0 Å². The highest BCUT2D eigenvalue weighted by molar-refractivity contribution is 9.12. The SMILES string of the molecule is Cc1ccn2c(CC3CN(C)CCO3)c(-c3c(F)cc(N=CC(Br)=CN)cc3F)nc2c1. The molecule has 1 aliphatic heterocycles. The normalized spacial score (nSPS) is 18.2. The van der Waals surface area contributed by atoms with Crippen LogP contribution in [0.4, 0.5) is 14.5 Å². The van der Waals surface area contributed by atoms with Crippen molar-refractivity contribution in [2.45, 2.75) is 19.4 Å². The minimum Gasteiger partial charge on any atom is -0.404 e. The molecule has 1 unspecified atom stereocenters. The third-order valence-corrected chi connectivity index (χ3v) is 5.87. The first-order valence-electron chi connectivity index (χ1n) is 10.2. The summed E-state index contributed by atoms with van der Waals surface area (Å²) in [6.45, 7) is 4.17. The van der Waals surface area contributed by atoms with Crippen molar-refractivity contribution in [3.63, 3.8) is 0 Å². The molecule has 0 bridgehead atoms. The molecular formula is C23H24BrF2N5O. The van der Waals surface area contributed by atoms with Crippen LogP contribution in [0, 0.1) is 18.6 Å². The van der Waals surface area contributed by atoms with E-state index in [1.165, 1.54) is 24.5 Å². The minimum absolute atomic E-state index is 0.0934. The number of imidazole rings is 1. The molecule has 0 saturated carbocycles. The molecule has 4 rings (SSSR count). The van der Waals surface area contributed by atoms with Crippen LogP contribution in [0.1, 0.15) is 11.3 Å². The summed E-state index contributed by atoms with van der Waals surface area (Å²) in [6, 6.07) is 6.22. The van der Waals surface area contributed by atoms with E-state index in [0.29, 0.717) is 28.9 Å². The Morgan fingerprint density at radius 3 is 2.78 bits per heavy atom. The van der Waals surface area contributed by atoms with Crippen LogP contribution in [-0.2, 0) is 11.2 Å². The quantitative estimate of drug-likeness (QED) is 0.525. The van der Waals surface area contributed by atoms with Gasteiger partial charge in [0.1, 0.15) is 17.3 Å². The van der Waals surface area contributed by atoms with E-state index < -0.39 is 11.6 Å². The van der Waals surface area contributed by atoms with E-state index in [0.717, 1.165) is 18.7 Å². The first-order valence-corrected chi connectivity index (χ1v) is 11.0. The van der Waals surface area contributed by atoms with E-state index in [4.69, 9.17) is 10.5 Å². The third kappa shape index (κ3) is 4.74. The number of aromatic nitrogens is 2. The number of pyridine rings is 1. The molecule has 0 spiro atoms. The monoisotopic (exact) mass is 503 g/mol. The van der Waals surface area contributed by atoms with Crippen LogP contribution in [0.25, 0.3) is 16.9 Å². The number of likely N-dealkylation sites (N-methyl/N-ethyl adjacent to an activating group) is 1. The molecule has 1 saturated heterocycles. The maximum absolute atomic E-state index is 15.2. The smallest absolute Gasteiger partial charge is 0.137 e. The van der Waals surface area contributed by atoms with Crippen molar-refractivity contribution in [2.75, 3.05) is 26.7 Å². The number of fused-ring (bicyclic) bond motifs is 1. The molecule has 2 N–H and O–H groups in total. The van der Waals surface area contributed by atoms with Gasteiger partial charge in [0.05, 0.1) is 39.8 Å². The second-order valence-electron chi connectivity index (χ2n) is 7.89. The Labute approximate surface area is 193 Å². The number of nitrogens with two attached hydrogens (primary N) is 1. The molecular weight excluding hydrogens is 480 g/mol. The number of aryl methyl sites for hydroxylation is 1. The van der Waals surface area contributed by atoms with Crippen LogP contribution in [0.3, 0.4) is 0 Å². The number of ether oxygens (including phenoxy) is 1. The maximum atomic E-state index is 15.2. The molecule has 1 aromatic carbocycles. The predicted octanol–water partition coefficient (Wildman–Crippen LogP) is 4.36. The van der Waals surface area contributed by atoms with E-state index in [2.05, 4.69) is 30.8 Å². The van der Waals surface area contributed by atoms with Gasteiger partial charge in [0.2, 0.25) is 0 Å². The average Bonchev–Trinajstić information content (AvgIpc) is 3.08.